The van der Waals surface area contributed by atoms with Gasteiger partial charge in [-0.2, -0.15) is 0 Å². The molecule has 0 saturated heterocycles. The standard InChI is InChI=1S/C14H23N3O3S/c1-5-11-6-7-12(8-13(11)15)21(19,20)17(4)9-10(2)14(18)16-3/h6-8,10H,5,9,15H2,1-4H3,(H,16,18). The van der Waals surface area contributed by atoms with Crippen LogP contribution in [0.5, 0.6) is 0 Å². The zero-order chi connectivity index (χ0) is 16.2. The van der Waals surface area contributed by atoms with Gasteiger partial charge in [-0.05, 0) is 24.1 Å². The van der Waals surface area contributed by atoms with E-state index in [1.807, 2.05) is 6.92 Å². The third-order valence-corrected chi connectivity index (χ3v) is 5.25. The van der Waals surface area contributed by atoms with Crippen LogP contribution in [0.4, 0.5) is 5.69 Å². The summed E-state index contributed by atoms with van der Waals surface area (Å²) in [6, 6.07) is 4.74. The van der Waals surface area contributed by atoms with Gasteiger partial charge in [0.2, 0.25) is 15.9 Å². The van der Waals surface area contributed by atoms with E-state index >= 15 is 0 Å². The Kier molecular flexibility index (Phi) is 5.74. The highest BCUT2D eigenvalue weighted by Crippen LogP contribution is 2.21. The molecule has 6 nitrogen and oxygen atoms in total. The Bertz CT molecular complexity index is 614. The van der Waals surface area contributed by atoms with E-state index in [0.717, 1.165) is 12.0 Å². The van der Waals surface area contributed by atoms with Gasteiger partial charge < -0.3 is 11.1 Å². The Labute approximate surface area is 126 Å². The molecule has 1 aromatic carbocycles. The molecular formula is C14H23N3O3S. The molecule has 1 amide bonds. The van der Waals surface area contributed by atoms with E-state index in [0.29, 0.717) is 5.69 Å². The number of hydrogen-bond acceptors (Lipinski definition) is 4. The number of rotatable bonds is 6. The van der Waals surface area contributed by atoms with Crippen LogP contribution in [0, 0.1) is 5.92 Å². The van der Waals surface area contributed by atoms with E-state index in [4.69, 9.17) is 5.73 Å². The van der Waals surface area contributed by atoms with Crippen LogP contribution in [0.3, 0.4) is 0 Å². The number of anilines is 1. The lowest BCUT2D eigenvalue weighted by Crippen LogP contribution is -2.37. The maximum Gasteiger partial charge on any atom is 0.242 e. The van der Waals surface area contributed by atoms with E-state index < -0.39 is 15.9 Å². The number of benzene rings is 1. The zero-order valence-electron chi connectivity index (χ0n) is 12.9. The van der Waals surface area contributed by atoms with Crippen molar-refractivity contribution in [1.82, 2.24) is 9.62 Å². The quantitative estimate of drug-likeness (QED) is 0.761. The van der Waals surface area contributed by atoms with E-state index in [1.165, 1.54) is 24.5 Å². The van der Waals surface area contributed by atoms with Gasteiger partial charge in [-0.15, -0.1) is 0 Å². The molecule has 3 N–H and O–H groups in total. The van der Waals surface area contributed by atoms with Gasteiger partial charge in [0, 0.05) is 32.2 Å². The molecule has 7 heteroatoms. The Hall–Kier alpha value is -1.60. The number of nitrogen functional groups attached to an aromatic ring is 1. The minimum absolute atomic E-state index is 0.109. The van der Waals surface area contributed by atoms with Crippen LogP contribution in [0.2, 0.25) is 0 Å². The van der Waals surface area contributed by atoms with Gasteiger partial charge in [0.15, 0.2) is 0 Å². The first kappa shape index (κ1) is 17.5. The summed E-state index contributed by atoms with van der Waals surface area (Å²) in [5.74, 6) is -0.625. The molecule has 0 fully saturated rings. The number of nitrogens with two attached hydrogens (primary N) is 1. The van der Waals surface area contributed by atoms with Gasteiger partial charge in [-0.3, -0.25) is 4.79 Å². The summed E-state index contributed by atoms with van der Waals surface area (Å²) in [5.41, 5.74) is 7.23. The minimum atomic E-state index is -3.65. The van der Waals surface area contributed by atoms with Crippen LogP contribution < -0.4 is 11.1 Å². The number of aryl methyl sites for hydroxylation is 1. The fraction of sp³-hybridized carbons (Fsp3) is 0.500. The van der Waals surface area contributed by atoms with Crippen molar-refractivity contribution in [3.8, 4) is 0 Å². The minimum Gasteiger partial charge on any atom is -0.398 e. The molecule has 0 heterocycles. The van der Waals surface area contributed by atoms with Crippen molar-refractivity contribution >= 4 is 21.6 Å². The second kappa shape index (κ2) is 6.91. The Morgan fingerprint density at radius 2 is 2.05 bits per heavy atom. The number of carbonyl (C=O) groups is 1. The van der Waals surface area contributed by atoms with Crippen molar-refractivity contribution in [2.45, 2.75) is 25.2 Å². The van der Waals surface area contributed by atoms with Crippen LogP contribution in [0.25, 0.3) is 0 Å². The summed E-state index contributed by atoms with van der Waals surface area (Å²) in [6.07, 6.45) is 0.746. The van der Waals surface area contributed by atoms with Gasteiger partial charge in [0.05, 0.1) is 4.90 Å². The highest BCUT2D eigenvalue weighted by atomic mass is 32.2. The summed E-state index contributed by atoms with van der Waals surface area (Å²) >= 11 is 0. The van der Waals surface area contributed by atoms with E-state index in [2.05, 4.69) is 5.32 Å². The van der Waals surface area contributed by atoms with Gasteiger partial charge in [-0.25, -0.2) is 12.7 Å². The van der Waals surface area contributed by atoms with Crippen LogP contribution in [0.1, 0.15) is 19.4 Å². The lowest BCUT2D eigenvalue weighted by Gasteiger charge is -2.21. The van der Waals surface area contributed by atoms with Crippen LogP contribution >= 0.6 is 0 Å². The predicted molar refractivity (Wildman–Crippen MR) is 83.3 cm³/mol. The largest absolute Gasteiger partial charge is 0.398 e. The molecule has 0 aliphatic carbocycles. The molecule has 1 atom stereocenters. The third kappa shape index (κ3) is 3.95. The van der Waals surface area contributed by atoms with E-state index in [9.17, 15) is 13.2 Å². The monoisotopic (exact) mass is 313 g/mol. The fourth-order valence-electron chi connectivity index (χ4n) is 2.05. The van der Waals surface area contributed by atoms with Gasteiger partial charge in [0.1, 0.15) is 0 Å². The first-order valence-corrected chi connectivity index (χ1v) is 8.24. The molecule has 0 saturated carbocycles. The van der Waals surface area contributed by atoms with Crippen molar-refractivity contribution in [3.63, 3.8) is 0 Å². The SMILES string of the molecule is CCc1ccc(S(=O)(=O)N(C)CC(C)C(=O)NC)cc1N. The Morgan fingerprint density at radius 1 is 1.43 bits per heavy atom. The second-order valence-corrected chi connectivity index (χ2v) is 7.06. The van der Waals surface area contributed by atoms with Crippen LogP contribution in [-0.2, 0) is 21.2 Å². The van der Waals surface area contributed by atoms with Crippen LogP contribution in [-0.4, -0.2) is 39.3 Å². The van der Waals surface area contributed by atoms with Gasteiger partial charge in [0.25, 0.3) is 0 Å². The molecule has 0 aliphatic rings. The second-order valence-electron chi connectivity index (χ2n) is 5.02. The van der Waals surface area contributed by atoms with Gasteiger partial charge in [-0.1, -0.05) is 19.9 Å². The summed E-state index contributed by atoms with van der Waals surface area (Å²) < 4.78 is 26.1. The molecule has 1 rings (SSSR count). The van der Waals surface area contributed by atoms with E-state index in [-0.39, 0.29) is 17.3 Å². The Balaban J connectivity index is 2.99. The maximum absolute atomic E-state index is 12.5. The molecule has 0 aliphatic heterocycles. The van der Waals surface area contributed by atoms with Crippen molar-refractivity contribution in [2.75, 3.05) is 26.4 Å². The molecule has 1 unspecified atom stereocenters. The first-order valence-electron chi connectivity index (χ1n) is 6.80. The number of nitrogens with zero attached hydrogens (tertiary/aromatic N) is 1. The third-order valence-electron chi connectivity index (χ3n) is 3.43. The Morgan fingerprint density at radius 3 is 2.52 bits per heavy atom. The molecule has 0 aromatic heterocycles. The van der Waals surface area contributed by atoms with Gasteiger partial charge >= 0.3 is 0 Å². The van der Waals surface area contributed by atoms with E-state index in [1.54, 1.807) is 19.1 Å². The summed E-state index contributed by atoms with van der Waals surface area (Å²) in [7, 11) is -0.668. The molecule has 21 heavy (non-hydrogen) atoms. The maximum atomic E-state index is 12.5. The first-order chi connectivity index (χ1) is 9.73. The molecule has 0 spiro atoms. The fourth-order valence-corrected chi connectivity index (χ4v) is 3.34. The van der Waals surface area contributed by atoms with Crippen molar-refractivity contribution in [2.24, 2.45) is 5.92 Å². The molecule has 1 aromatic rings. The number of amides is 1. The molecular weight excluding hydrogens is 290 g/mol. The summed E-state index contributed by atoms with van der Waals surface area (Å²) in [6.45, 7) is 3.74. The normalized spacial score (nSPS) is 13.2. The number of nitrogens with one attached hydrogen (secondary N) is 1. The highest BCUT2D eigenvalue weighted by molar-refractivity contribution is 7.89. The van der Waals surface area contributed by atoms with Crippen molar-refractivity contribution in [3.05, 3.63) is 23.8 Å². The zero-order valence-corrected chi connectivity index (χ0v) is 13.7. The average Bonchev–Trinajstić information content (AvgIpc) is 2.45. The number of hydrogen-bond donors (Lipinski definition) is 2. The lowest BCUT2D eigenvalue weighted by atomic mass is 10.1. The van der Waals surface area contributed by atoms with Crippen LogP contribution in [0.15, 0.2) is 23.1 Å². The average molecular weight is 313 g/mol. The summed E-state index contributed by atoms with van der Waals surface area (Å²) in [5, 5.41) is 2.51. The molecule has 0 bridgehead atoms. The van der Waals surface area contributed by atoms with Crippen molar-refractivity contribution in [1.29, 1.82) is 0 Å². The number of sulfonamides is 1. The highest BCUT2D eigenvalue weighted by Gasteiger charge is 2.25. The lowest BCUT2D eigenvalue weighted by molar-refractivity contribution is -0.124. The topological polar surface area (TPSA) is 92.5 Å². The number of carbonyl (C=O) groups excluding carboxylic acids is 1. The smallest absolute Gasteiger partial charge is 0.242 e. The molecule has 118 valence electrons. The predicted octanol–water partition coefficient (Wildman–Crippen LogP) is 0.834. The van der Waals surface area contributed by atoms with Crippen molar-refractivity contribution < 1.29 is 13.2 Å². The molecule has 0 radical (unpaired) electrons. The summed E-state index contributed by atoms with van der Waals surface area (Å²) in [4.78, 5) is 11.6.